The Kier molecular flexibility index (Phi) is 3.49. The number of aromatic nitrogens is 1. The fourth-order valence-electron chi connectivity index (χ4n) is 2.12. The molecule has 0 aliphatic heterocycles. The van der Waals surface area contributed by atoms with E-state index in [9.17, 15) is 0 Å². The van der Waals surface area contributed by atoms with Crippen LogP contribution in [0.2, 0.25) is 0 Å². The monoisotopic (exact) mass is 272 g/mol. The van der Waals surface area contributed by atoms with Crippen LogP contribution >= 0.6 is 0 Å². The minimum absolute atomic E-state index is 0.314. The number of nitrogens with zero attached hydrogens (tertiary/aromatic N) is 1. The van der Waals surface area contributed by atoms with Crippen molar-refractivity contribution >= 4 is 0 Å². The van der Waals surface area contributed by atoms with Crippen molar-refractivity contribution in [1.82, 2.24) is 10.3 Å². The highest BCUT2D eigenvalue weighted by atomic mass is 16.6. The van der Waals surface area contributed by atoms with Crippen LogP contribution in [0.4, 0.5) is 0 Å². The van der Waals surface area contributed by atoms with Crippen LogP contribution in [-0.4, -0.2) is 11.0 Å². The maximum atomic E-state index is 5.82. The molecule has 0 saturated heterocycles. The number of hydrogen-bond acceptors (Lipinski definition) is 4. The van der Waals surface area contributed by atoms with Gasteiger partial charge in [-0.1, -0.05) is 12.1 Å². The van der Waals surface area contributed by atoms with Gasteiger partial charge in [0.1, 0.15) is 12.0 Å². The molecule has 0 radical (unpaired) electrons. The van der Waals surface area contributed by atoms with E-state index in [1.807, 2.05) is 6.92 Å². The highest BCUT2D eigenvalue weighted by Crippen LogP contribution is 2.30. The van der Waals surface area contributed by atoms with Crippen LogP contribution in [0.25, 0.3) is 0 Å². The van der Waals surface area contributed by atoms with Crippen molar-refractivity contribution in [2.75, 3.05) is 0 Å². The molecular weight excluding hydrogens is 252 g/mol. The topological polar surface area (TPSA) is 47.3 Å². The van der Waals surface area contributed by atoms with Crippen molar-refractivity contribution in [1.29, 1.82) is 0 Å². The van der Waals surface area contributed by atoms with Gasteiger partial charge in [-0.3, -0.25) is 0 Å². The lowest BCUT2D eigenvalue weighted by atomic mass is 10.1. The van der Waals surface area contributed by atoms with Crippen LogP contribution in [-0.2, 0) is 6.54 Å². The lowest BCUT2D eigenvalue weighted by Crippen LogP contribution is -2.15. The van der Waals surface area contributed by atoms with Crippen molar-refractivity contribution in [2.24, 2.45) is 0 Å². The molecule has 106 valence electrons. The molecule has 3 rings (SSSR count). The fourth-order valence-corrected chi connectivity index (χ4v) is 2.12. The van der Waals surface area contributed by atoms with Crippen molar-refractivity contribution in [3.63, 3.8) is 0 Å². The number of nitrogens with one attached hydrogen (secondary N) is 1. The van der Waals surface area contributed by atoms with E-state index in [0.29, 0.717) is 12.1 Å². The Morgan fingerprint density at radius 3 is 2.75 bits per heavy atom. The van der Waals surface area contributed by atoms with Gasteiger partial charge in [-0.25, -0.2) is 0 Å². The Morgan fingerprint density at radius 2 is 2.00 bits per heavy atom. The molecule has 0 bridgehead atoms. The smallest absolute Gasteiger partial charge is 0.399 e. The summed E-state index contributed by atoms with van der Waals surface area (Å²) < 4.78 is 11.2. The number of hydrogen-bond donors (Lipinski definition) is 1. The Morgan fingerprint density at radius 1 is 1.25 bits per heavy atom. The maximum absolute atomic E-state index is 5.82. The Hall–Kier alpha value is -1.81. The van der Waals surface area contributed by atoms with E-state index in [2.05, 4.69) is 36.3 Å². The van der Waals surface area contributed by atoms with Gasteiger partial charge in [0.05, 0.1) is 5.69 Å². The lowest BCUT2D eigenvalue weighted by Gasteiger charge is -2.10. The first-order valence-electron chi connectivity index (χ1n) is 7.06. The molecule has 0 amide bonds. The molecule has 1 saturated carbocycles. The second kappa shape index (κ2) is 5.29. The normalized spacial score (nSPS) is 14.6. The summed E-state index contributed by atoms with van der Waals surface area (Å²) >= 11 is 0. The van der Waals surface area contributed by atoms with E-state index in [4.69, 9.17) is 9.15 Å². The Balaban J connectivity index is 1.72. The van der Waals surface area contributed by atoms with Crippen molar-refractivity contribution in [3.8, 4) is 11.8 Å². The van der Waals surface area contributed by atoms with Gasteiger partial charge in [-0.2, -0.15) is 4.98 Å². The fraction of sp³-hybridized carbons (Fsp3) is 0.438. The summed E-state index contributed by atoms with van der Waals surface area (Å²) in [6.07, 6.45) is 4.51. The second-order valence-corrected chi connectivity index (χ2v) is 5.52. The first-order chi connectivity index (χ1) is 9.63. The Labute approximate surface area is 119 Å². The molecule has 1 aromatic heterocycles. The minimum atomic E-state index is 0.314. The molecule has 1 N–H and O–H groups in total. The number of benzene rings is 1. The predicted molar refractivity (Wildman–Crippen MR) is 77.1 cm³/mol. The summed E-state index contributed by atoms with van der Waals surface area (Å²) in [4.78, 5) is 4.37. The molecule has 0 spiro atoms. The first-order valence-corrected chi connectivity index (χ1v) is 7.06. The number of rotatable bonds is 5. The van der Waals surface area contributed by atoms with Crippen LogP contribution in [0.15, 0.2) is 22.8 Å². The summed E-state index contributed by atoms with van der Waals surface area (Å²) in [7, 11) is 0. The molecule has 1 fully saturated rings. The zero-order valence-corrected chi connectivity index (χ0v) is 12.2. The second-order valence-electron chi connectivity index (χ2n) is 5.52. The van der Waals surface area contributed by atoms with Crippen LogP contribution in [0.1, 0.15) is 35.2 Å². The molecular formula is C16H20N2O2. The highest BCUT2D eigenvalue weighted by molar-refractivity contribution is 5.45. The summed E-state index contributed by atoms with van der Waals surface area (Å²) in [5.41, 5.74) is 4.30. The van der Waals surface area contributed by atoms with E-state index < -0.39 is 0 Å². The summed E-state index contributed by atoms with van der Waals surface area (Å²) in [6, 6.07) is 4.81. The van der Waals surface area contributed by atoms with E-state index in [1.165, 1.54) is 18.4 Å². The largest absolute Gasteiger partial charge is 0.417 e. The predicted octanol–water partition coefficient (Wildman–Crippen LogP) is 3.64. The molecule has 1 aliphatic carbocycles. The molecule has 4 heteroatoms. The van der Waals surface area contributed by atoms with E-state index in [1.54, 1.807) is 6.26 Å². The summed E-state index contributed by atoms with van der Waals surface area (Å²) in [5, 5.41) is 3.40. The van der Waals surface area contributed by atoms with Crippen molar-refractivity contribution < 1.29 is 9.15 Å². The van der Waals surface area contributed by atoms with Crippen molar-refractivity contribution in [3.05, 3.63) is 40.8 Å². The molecule has 2 aromatic rings. The average Bonchev–Trinajstić information content (AvgIpc) is 3.16. The van der Waals surface area contributed by atoms with Crippen LogP contribution in [0.5, 0.6) is 11.8 Å². The van der Waals surface area contributed by atoms with Gasteiger partial charge in [0.25, 0.3) is 0 Å². The summed E-state index contributed by atoms with van der Waals surface area (Å²) in [5.74, 6) is 0.841. The zero-order valence-electron chi connectivity index (χ0n) is 12.2. The van der Waals surface area contributed by atoms with Crippen LogP contribution in [0.3, 0.4) is 0 Å². The number of oxazole rings is 1. The van der Waals surface area contributed by atoms with Gasteiger partial charge in [-0.05, 0) is 50.3 Å². The third-order valence-corrected chi connectivity index (χ3v) is 3.74. The van der Waals surface area contributed by atoms with E-state index in [0.717, 1.165) is 29.1 Å². The first kappa shape index (κ1) is 13.2. The highest BCUT2D eigenvalue weighted by Gasteiger charge is 2.21. The molecule has 20 heavy (non-hydrogen) atoms. The zero-order chi connectivity index (χ0) is 14.1. The minimum Gasteiger partial charge on any atom is -0.417 e. The molecule has 0 unspecified atom stereocenters. The van der Waals surface area contributed by atoms with Crippen molar-refractivity contribution in [2.45, 2.75) is 46.2 Å². The number of aryl methyl sites for hydroxylation is 2. The van der Waals surface area contributed by atoms with Crippen LogP contribution in [0, 0.1) is 20.8 Å². The third kappa shape index (κ3) is 2.85. The molecule has 1 aromatic carbocycles. The van der Waals surface area contributed by atoms with Gasteiger partial charge in [0.15, 0.2) is 0 Å². The molecule has 1 aliphatic rings. The van der Waals surface area contributed by atoms with Gasteiger partial charge < -0.3 is 14.5 Å². The molecule has 4 nitrogen and oxygen atoms in total. The standard InChI is InChI=1S/C16H20N2O2/c1-10-4-5-11(2)15(12(10)3)20-16-18-14(9-19-16)8-17-13-6-7-13/h4-5,9,13,17H,6-8H2,1-3H3. The quantitative estimate of drug-likeness (QED) is 0.902. The molecule has 0 atom stereocenters. The van der Waals surface area contributed by atoms with E-state index >= 15 is 0 Å². The van der Waals surface area contributed by atoms with Gasteiger partial charge in [-0.15, -0.1) is 0 Å². The van der Waals surface area contributed by atoms with Gasteiger partial charge in [0.2, 0.25) is 0 Å². The SMILES string of the molecule is Cc1ccc(C)c(Oc2nc(CNC3CC3)co2)c1C. The number of ether oxygens (including phenoxy) is 1. The average molecular weight is 272 g/mol. The van der Waals surface area contributed by atoms with Crippen LogP contribution < -0.4 is 10.1 Å². The van der Waals surface area contributed by atoms with E-state index in [-0.39, 0.29) is 0 Å². The van der Waals surface area contributed by atoms with Gasteiger partial charge >= 0.3 is 6.08 Å². The molecule has 1 heterocycles. The third-order valence-electron chi connectivity index (χ3n) is 3.74. The van der Waals surface area contributed by atoms with Gasteiger partial charge in [0, 0.05) is 12.6 Å². The summed E-state index contributed by atoms with van der Waals surface area (Å²) in [6.45, 7) is 6.89. The lowest BCUT2D eigenvalue weighted by molar-refractivity contribution is 0.327. The maximum Gasteiger partial charge on any atom is 0.399 e. The Bertz CT molecular complexity index is 615.